The van der Waals surface area contributed by atoms with Crippen molar-refractivity contribution in [3.05, 3.63) is 51.9 Å². The van der Waals surface area contributed by atoms with Gasteiger partial charge in [0.25, 0.3) is 12.3 Å². The molecule has 4 nitrogen and oxygen atoms in total. The van der Waals surface area contributed by atoms with Crippen LogP contribution in [-0.2, 0) is 6.54 Å². The fourth-order valence-corrected chi connectivity index (χ4v) is 2.45. The highest BCUT2D eigenvalue weighted by molar-refractivity contribution is 9.10. The molecular weight excluding hydrogens is 377 g/mol. The summed E-state index contributed by atoms with van der Waals surface area (Å²) in [4.78, 5) is 17.1. The van der Waals surface area contributed by atoms with Crippen LogP contribution in [0.2, 0.25) is 0 Å². The van der Waals surface area contributed by atoms with E-state index < -0.39 is 29.6 Å². The van der Waals surface area contributed by atoms with Crippen molar-refractivity contribution in [2.24, 2.45) is 0 Å². The zero-order chi connectivity index (χ0) is 17.1. The number of amides is 1. The minimum atomic E-state index is -2.93. The minimum Gasteiger partial charge on any atom is -0.438 e. The smallest absolute Gasteiger partial charge is 0.292 e. The third-order valence-corrected chi connectivity index (χ3v) is 3.72. The topological polar surface area (TPSA) is 46.3 Å². The van der Waals surface area contributed by atoms with E-state index in [1.165, 1.54) is 23.1 Å². The average molecular weight is 391 g/mol. The van der Waals surface area contributed by atoms with E-state index in [-0.39, 0.29) is 18.2 Å². The Balaban J connectivity index is 2.33. The number of benzene rings is 1. The van der Waals surface area contributed by atoms with E-state index in [1.807, 2.05) is 0 Å². The Morgan fingerprint density at radius 2 is 2.09 bits per heavy atom. The third kappa shape index (κ3) is 3.93. The van der Waals surface area contributed by atoms with Gasteiger partial charge in [-0.25, -0.2) is 18.2 Å². The minimum absolute atomic E-state index is 0.0782. The largest absolute Gasteiger partial charge is 0.438 e. The molecule has 23 heavy (non-hydrogen) atoms. The molecule has 0 bridgehead atoms. The molecule has 0 atom stereocenters. The van der Waals surface area contributed by atoms with Gasteiger partial charge in [-0.15, -0.1) is 0 Å². The highest BCUT2D eigenvalue weighted by atomic mass is 79.9. The number of nitrogens with zero attached hydrogens (tertiary/aromatic N) is 2. The number of oxazole rings is 1. The fourth-order valence-electron chi connectivity index (χ4n) is 2.04. The van der Waals surface area contributed by atoms with Crippen LogP contribution in [0.15, 0.2) is 33.5 Å². The zero-order valence-corrected chi connectivity index (χ0v) is 14.0. The molecule has 1 aromatic heterocycles. The van der Waals surface area contributed by atoms with Crippen molar-refractivity contribution >= 4 is 21.8 Å². The molecule has 0 radical (unpaired) electrons. The first-order chi connectivity index (χ1) is 10.8. The van der Waals surface area contributed by atoms with Crippen molar-refractivity contribution in [2.45, 2.75) is 32.9 Å². The molecule has 8 heteroatoms. The van der Waals surface area contributed by atoms with Crippen LogP contribution in [0.4, 0.5) is 13.2 Å². The molecule has 1 amide bonds. The molecule has 0 spiro atoms. The van der Waals surface area contributed by atoms with Gasteiger partial charge in [-0.2, -0.15) is 0 Å². The Kier molecular flexibility index (Phi) is 5.46. The molecule has 2 rings (SSSR count). The Labute approximate surface area is 139 Å². The Bertz CT molecular complexity index is 704. The third-order valence-electron chi connectivity index (χ3n) is 3.23. The van der Waals surface area contributed by atoms with Crippen molar-refractivity contribution in [2.75, 3.05) is 0 Å². The molecule has 2 aromatic rings. The monoisotopic (exact) mass is 390 g/mol. The molecular formula is C15H14BrF3N2O2. The maximum Gasteiger partial charge on any atom is 0.292 e. The summed E-state index contributed by atoms with van der Waals surface area (Å²) in [5, 5.41) is 0. The van der Waals surface area contributed by atoms with E-state index in [2.05, 4.69) is 20.9 Å². The molecule has 124 valence electrons. The van der Waals surface area contributed by atoms with E-state index in [0.717, 1.165) is 6.39 Å². The predicted molar refractivity (Wildman–Crippen MR) is 80.6 cm³/mol. The number of aromatic nitrogens is 1. The zero-order valence-electron chi connectivity index (χ0n) is 12.4. The van der Waals surface area contributed by atoms with Gasteiger partial charge in [-0.1, -0.05) is 15.9 Å². The highest BCUT2D eigenvalue weighted by Gasteiger charge is 2.29. The van der Waals surface area contributed by atoms with E-state index >= 15 is 0 Å². The first-order valence-electron chi connectivity index (χ1n) is 6.77. The lowest BCUT2D eigenvalue weighted by Crippen LogP contribution is -2.37. The second-order valence-electron chi connectivity index (χ2n) is 5.13. The molecule has 0 aliphatic heterocycles. The quantitative estimate of drug-likeness (QED) is 0.751. The molecule has 0 aliphatic carbocycles. The maximum atomic E-state index is 13.9. The molecule has 1 heterocycles. The van der Waals surface area contributed by atoms with Crippen molar-refractivity contribution in [1.82, 2.24) is 9.88 Å². The molecule has 0 N–H and O–H groups in total. The molecule has 0 fully saturated rings. The van der Waals surface area contributed by atoms with Crippen LogP contribution >= 0.6 is 15.9 Å². The van der Waals surface area contributed by atoms with Gasteiger partial charge in [0.05, 0.1) is 0 Å². The van der Waals surface area contributed by atoms with Crippen LogP contribution in [0.1, 0.15) is 42.1 Å². The van der Waals surface area contributed by atoms with Crippen molar-refractivity contribution in [3.63, 3.8) is 0 Å². The van der Waals surface area contributed by atoms with E-state index in [9.17, 15) is 18.0 Å². The summed E-state index contributed by atoms with van der Waals surface area (Å²) in [6.45, 7) is 3.32. The number of carbonyl (C=O) groups excluding carboxylic acids is 1. The van der Waals surface area contributed by atoms with Crippen LogP contribution in [0, 0.1) is 5.82 Å². The van der Waals surface area contributed by atoms with Gasteiger partial charge in [-0.3, -0.25) is 4.79 Å². The van der Waals surface area contributed by atoms with E-state index in [0.29, 0.717) is 4.47 Å². The Hall–Kier alpha value is -1.83. The first-order valence-corrected chi connectivity index (χ1v) is 7.57. The molecule has 0 unspecified atom stereocenters. The van der Waals surface area contributed by atoms with Gasteiger partial charge in [0.2, 0.25) is 5.76 Å². The van der Waals surface area contributed by atoms with Crippen LogP contribution in [0.3, 0.4) is 0 Å². The second-order valence-corrected chi connectivity index (χ2v) is 6.05. The summed E-state index contributed by atoms with van der Waals surface area (Å²) in [6, 6.07) is 3.98. The SMILES string of the molecule is CC(C)N(Cc1cc(Br)ccc1F)C(=O)c1ocnc1C(F)F. The van der Waals surface area contributed by atoms with Crippen molar-refractivity contribution in [3.8, 4) is 0 Å². The molecule has 0 aliphatic rings. The van der Waals surface area contributed by atoms with Gasteiger partial charge in [-0.05, 0) is 32.0 Å². The molecule has 0 saturated heterocycles. The standard InChI is InChI=1S/C15H14BrF3N2O2/c1-8(2)21(6-9-5-10(16)3-4-11(9)17)15(22)13-12(14(18)19)20-7-23-13/h3-5,7-8,14H,6H2,1-2H3. The summed E-state index contributed by atoms with van der Waals surface area (Å²) in [6.07, 6.45) is -2.13. The van der Waals surface area contributed by atoms with Gasteiger partial charge in [0.1, 0.15) is 5.82 Å². The number of carbonyl (C=O) groups is 1. The molecule has 1 aromatic carbocycles. The lowest BCUT2D eigenvalue weighted by atomic mass is 10.1. The number of rotatable bonds is 5. The highest BCUT2D eigenvalue weighted by Crippen LogP contribution is 2.25. The van der Waals surface area contributed by atoms with Gasteiger partial charge in [0, 0.05) is 22.6 Å². The Morgan fingerprint density at radius 1 is 1.39 bits per heavy atom. The fraction of sp³-hybridized carbons (Fsp3) is 0.333. The van der Waals surface area contributed by atoms with E-state index in [1.54, 1.807) is 13.8 Å². The van der Waals surface area contributed by atoms with Gasteiger partial charge < -0.3 is 9.32 Å². The predicted octanol–water partition coefficient (Wildman–Crippen LogP) is 4.56. The normalized spacial score (nSPS) is 11.3. The van der Waals surface area contributed by atoms with E-state index in [4.69, 9.17) is 4.42 Å². The number of halogens is 4. The summed E-state index contributed by atoms with van der Waals surface area (Å²) in [5.41, 5.74) is -0.449. The second kappa shape index (κ2) is 7.16. The van der Waals surface area contributed by atoms with Crippen LogP contribution < -0.4 is 0 Å². The lowest BCUT2D eigenvalue weighted by Gasteiger charge is -2.26. The maximum absolute atomic E-state index is 13.9. The summed E-state index contributed by atoms with van der Waals surface area (Å²) >= 11 is 3.23. The number of hydrogen-bond acceptors (Lipinski definition) is 3. The average Bonchev–Trinajstić information content (AvgIpc) is 2.96. The van der Waals surface area contributed by atoms with Crippen LogP contribution in [0.5, 0.6) is 0 Å². The first kappa shape index (κ1) is 17.5. The van der Waals surface area contributed by atoms with Crippen molar-refractivity contribution in [1.29, 1.82) is 0 Å². The summed E-state index contributed by atoms with van der Waals surface area (Å²) in [5.74, 6) is -1.77. The lowest BCUT2D eigenvalue weighted by molar-refractivity contribution is 0.0640. The van der Waals surface area contributed by atoms with Crippen LogP contribution in [0.25, 0.3) is 0 Å². The van der Waals surface area contributed by atoms with Crippen molar-refractivity contribution < 1.29 is 22.4 Å². The summed E-state index contributed by atoms with van der Waals surface area (Å²) < 4.78 is 45.1. The van der Waals surface area contributed by atoms with Crippen LogP contribution in [-0.4, -0.2) is 21.8 Å². The number of hydrogen-bond donors (Lipinski definition) is 0. The Morgan fingerprint density at radius 3 is 2.70 bits per heavy atom. The summed E-state index contributed by atoms with van der Waals surface area (Å²) in [7, 11) is 0. The van der Waals surface area contributed by atoms with Gasteiger partial charge in [0.15, 0.2) is 12.1 Å². The molecule has 0 saturated carbocycles. The van der Waals surface area contributed by atoms with Gasteiger partial charge >= 0.3 is 0 Å². The number of alkyl halides is 2.